The highest BCUT2D eigenvalue weighted by Gasteiger charge is 2.07. The lowest BCUT2D eigenvalue weighted by atomic mass is 9.92. The van der Waals surface area contributed by atoms with Crippen LogP contribution in [0, 0.1) is 13.8 Å². The summed E-state index contributed by atoms with van der Waals surface area (Å²) >= 11 is 0. The summed E-state index contributed by atoms with van der Waals surface area (Å²) in [4.78, 5) is 0. The monoisotopic (exact) mass is 384 g/mol. The molecule has 0 fully saturated rings. The average Bonchev–Trinajstić information content (AvgIpc) is 2.70. The molecule has 3 rings (SSSR count). The number of hydrogen-bond donors (Lipinski definition) is 0. The molecule has 0 bridgehead atoms. The number of benzene rings is 3. The first-order valence-electron chi connectivity index (χ1n) is 11.4. The van der Waals surface area contributed by atoms with Crippen molar-refractivity contribution in [3.63, 3.8) is 0 Å². The molecule has 29 heavy (non-hydrogen) atoms. The summed E-state index contributed by atoms with van der Waals surface area (Å²) in [7, 11) is 0. The van der Waals surface area contributed by atoms with Gasteiger partial charge in [-0.3, -0.25) is 0 Å². The van der Waals surface area contributed by atoms with Gasteiger partial charge in [-0.25, -0.2) is 0 Å². The van der Waals surface area contributed by atoms with Gasteiger partial charge in [0.2, 0.25) is 0 Å². The molecule has 0 saturated carbocycles. The van der Waals surface area contributed by atoms with Crippen LogP contribution in [0.15, 0.2) is 66.7 Å². The van der Waals surface area contributed by atoms with Crippen LogP contribution in [0.25, 0.3) is 0 Å². The van der Waals surface area contributed by atoms with Crippen LogP contribution in [-0.4, -0.2) is 0 Å². The van der Waals surface area contributed by atoms with E-state index in [1.54, 1.807) is 5.56 Å². The molecule has 0 aliphatic heterocycles. The molecule has 0 heterocycles. The van der Waals surface area contributed by atoms with Crippen LogP contribution in [0.2, 0.25) is 0 Å². The second-order valence-corrected chi connectivity index (χ2v) is 8.60. The molecule has 0 spiro atoms. The lowest BCUT2D eigenvalue weighted by Crippen LogP contribution is -2.00. The highest BCUT2D eigenvalue weighted by molar-refractivity contribution is 5.39. The van der Waals surface area contributed by atoms with E-state index in [2.05, 4.69) is 87.5 Å². The van der Waals surface area contributed by atoms with Gasteiger partial charge in [-0.05, 0) is 67.3 Å². The van der Waals surface area contributed by atoms with Crippen molar-refractivity contribution in [3.8, 4) is 0 Å². The molecule has 0 aliphatic carbocycles. The van der Waals surface area contributed by atoms with Crippen LogP contribution in [0.3, 0.4) is 0 Å². The molecule has 0 saturated heterocycles. The van der Waals surface area contributed by atoms with Crippen LogP contribution < -0.4 is 0 Å². The third-order valence-electron chi connectivity index (χ3n) is 5.79. The van der Waals surface area contributed by atoms with E-state index in [0.717, 1.165) is 12.8 Å². The van der Waals surface area contributed by atoms with E-state index in [1.165, 1.54) is 71.9 Å². The van der Waals surface area contributed by atoms with Gasteiger partial charge in [0.1, 0.15) is 0 Å². The van der Waals surface area contributed by atoms with Gasteiger partial charge in [0.25, 0.3) is 0 Å². The SMILES string of the molecule is CCCCCCCc1cc(Cc2cccc(C)c2)ccc1Cc1cccc(C)c1. The molecular formula is C29H36. The molecule has 0 radical (unpaired) electrons. The van der Waals surface area contributed by atoms with Gasteiger partial charge in [-0.2, -0.15) is 0 Å². The quantitative estimate of drug-likeness (QED) is 0.311. The molecule has 0 heteroatoms. The van der Waals surface area contributed by atoms with Crippen LogP contribution in [0.1, 0.15) is 78.0 Å². The minimum atomic E-state index is 1.02. The lowest BCUT2D eigenvalue weighted by Gasteiger charge is -2.13. The Balaban J connectivity index is 1.78. The molecule has 0 aromatic heterocycles. The van der Waals surface area contributed by atoms with Gasteiger partial charge in [-0.1, -0.05) is 110 Å². The topological polar surface area (TPSA) is 0 Å². The Morgan fingerprint density at radius 2 is 1.17 bits per heavy atom. The van der Waals surface area contributed by atoms with Crippen molar-refractivity contribution < 1.29 is 0 Å². The Hall–Kier alpha value is -2.34. The smallest absolute Gasteiger partial charge is 0.00229 e. The number of unbranched alkanes of at least 4 members (excludes halogenated alkanes) is 4. The normalized spacial score (nSPS) is 11.0. The van der Waals surface area contributed by atoms with Crippen molar-refractivity contribution in [1.29, 1.82) is 0 Å². The van der Waals surface area contributed by atoms with Crippen molar-refractivity contribution in [2.75, 3.05) is 0 Å². The molecule has 0 atom stereocenters. The highest BCUT2D eigenvalue weighted by atomic mass is 14.1. The molecule has 152 valence electrons. The molecule has 0 N–H and O–H groups in total. The van der Waals surface area contributed by atoms with Gasteiger partial charge in [-0.15, -0.1) is 0 Å². The maximum atomic E-state index is 2.48. The molecule has 3 aromatic rings. The molecule has 0 aliphatic rings. The summed E-state index contributed by atoms with van der Waals surface area (Å²) in [5.74, 6) is 0. The fraction of sp³-hybridized carbons (Fsp3) is 0.379. The van der Waals surface area contributed by atoms with E-state index in [1.807, 2.05) is 0 Å². The number of rotatable bonds is 10. The second-order valence-electron chi connectivity index (χ2n) is 8.60. The molecular weight excluding hydrogens is 348 g/mol. The first-order valence-corrected chi connectivity index (χ1v) is 11.4. The number of aryl methyl sites for hydroxylation is 3. The summed E-state index contributed by atoms with van der Waals surface area (Å²) in [6.45, 7) is 6.65. The van der Waals surface area contributed by atoms with E-state index in [-0.39, 0.29) is 0 Å². The third kappa shape index (κ3) is 6.89. The first-order chi connectivity index (χ1) is 14.1. The Morgan fingerprint density at radius 3 is 1.83 bits per heavy atom. The molecule has 0 unspecified atom stereocenters. The van der Waals surface area contributed by atoms with Crippen molar-refractivity contribution in [1.82, 2.24) is 0 Å². The predicted molar refractivity (Wildman–Crippen MR) is 127 cm³/mol. The van der Waals surface area contributed by atoms with Crippen molar-refractivity contribution in [2.24, 2.45) is 0 Å². The largest absolute Gasteiger partial charge is 0.0654 e. The Kier molecular flexibility index (Phi) is 8.11. The summed E-state index contributed by atoms with van der Waals surface area (Å²) < 4.78 is 0. The fourth-order valence-electron chi connectivity index (χ4n) is 4.21. The van der Waals surface area contributed by atoms with Crippen LogP contribution >= 0.6 is 0 Å². The van der Waals surface area contributed by atoms with Crippen LogP contribution in [0.4, 0.5) is 0 Å². The van der Waals surface area contributed by atoms with Crippen molar-refractivity contribution in [3.05, 3.63) is 106 Å². The Morgan fingerprint density at radius 1 is 0.552 bits per heavy atom. The predicted octanol–water partition coefficient (Wildman–Crippen LogP) is 8.00. The minimum absolute atomic E-state index is 1.02. The fourth-order valence-corrected chi connectivity index (χ4v) is 4.21. The number of hydrogen-bond acceptors (Lipinski definition) is 0. The van der Waals surface area contributed by atoms with E-state index >= 15 is 0 Å². The molecule has 3 aromatic carbocycles. The molecule has 0 amide bonds. The van der Waals surface area contributed by atoms with E-state index < -0.39 is 0 Å². The summed E-state index contributed by atoms with van der Waals surface area (Å²) in [5.41, 5.74) is 10.0. The zero-order chi connectivity index (χ0) is 20.5. The summed E-state index contributed by atoms with van der Waals surface area (Å²) in [6.07, 6.45) is 9.95. The van der Waals surface area contributed by atoms with Gasteiger partial charge in [0, 0.05) is 0 Å². The van der Waals surface area contributed by atoms with Crippen LogP contribution in [0.5, 0.6) is 0 Å². The Bertz CT molecular complexity index is 903. The summed E-state index contributed by atoms with van der Waals surface area (Å²) in [6, 6.07) is 25.1. The third-order valence-corrected chi connectivity index (χ3v) is 5.79. The van der Waals surface area contributed by atoms with Crippen LogP contribution in [-0.2, 0) is 19.3 Å². The molecule has 0 nitrogen and oxygen atoms in total. The van der Waals surface area contributed by atoms with Gasteiger partial charge in [0.05, 0.1) is 0 Å². The van der Waals surface area contributed by atoms with E-state index in [4.69, 9.17) is 0 Å². The van der Waals surface area contributed by atoms with E-state index in [9.17, 15) is 0 Å². The summed E-state index contributed by atoms with van der Waals surface area (Å²) in [5, 5.41) is 0. The maximum Gasteiger partial charge on any atom is -0.00229 e. The van der Waals surface area contributed by atoms with Gasteiger partial charge < -0.3 is 0 Å². The zero-order valence-electron chi connectivity index (χ0n) is 18.5. The zero-order valence-corrected chi connectivity index (χ0v) is 18.5. The maximum absolute atomic E-state index is 2.48. The Labute approximate surface area is 178 Å². The van der Waals surface area contributed by atoms with Gasteiger partial charge >= 0.3 is 0 Å². The first kappa shape index (κ1) is 21.4. The minimum Gasteiger partial charge on any atom is -0.0654 e. The van der Waals surface area contributed by atoms with E-state index in [0.29, 0.717) is 0 Å². The highest BCUT2D eigenvalue weighted by Crippen LogP contribution is 2.22. The lowest BCUT2D eigenvalue weighted by molar-refractivity contribution is 0.631. The average molecular weight is 385 g/mol. The van der Waals surface area contributed by atoms with Crippen molar-refractivity contribution >= 4 is 0 Å². The van der Waals surface area contributed by atoms with Gasteiger partial charge in [0.15, 0.2) is 0 Å². The standard InChI is InChI=1S/C29H36/c1-4-5-6-7-8-15-28-22-27(20-25-13-9-11-23(2)18-25)16-17-29(28)21-26-14-10-12-24(3)19-26/h9-14,16-19,22H,4-8,15,20-21H2,1-3H3. The second kappa shape index (κ2) is 11.0. The van der Waals surface area contributed by atoms with Crippen molar-refractivity contribution in [2.45, 2.75) is 72.1 Å².